The summed E-state index contributed by atoms with van der Waals surface area (Å²) in [6, 6.07) is 18.1. The second kappa shape index (κ2) is 5.99. The lowest BCUT2D eigenvalue weighted by Crippen LogP contribution is -2.34. The molecule has 4 heteroatoms. The number of nitrogens with one attached hydrogen (secondary N) is 1. The molecule has 0 heterocycles. The van der Waals surface area contributed by atoms with Crippen molar-refractivity contribution in [3.63, 3.8) is 0 Å². The summed E-state index contributed by atoms with van der Waals surface area (Å²) in [6.45, 7) is 1.87. The van der Waals surface area contributed by atoms with Gasteiger partial charge >= 0.3 is 0 Å². The number of hydrogen-bond donors (Lipinski definition) is 1. The molecule has 0 aliphatic rings. The van der Waals surface area contributed by atoms with E-state index in [0.717, 1.165) is 5.56 Å². The Kier molecular flexibility index (Phi) is 4.35. The average Bonchev–Trinajstić information content (AvgIpc) is 2.40. The van der Waals surface area contributed by atoms with Crippen LogP contribution in [0, 0.1) is 0 Å². The van der Waals surface area contributed by atoms with E-state index in [1.807, 2.05) is 37.3 Å². The van der Waals surface area contributed by atoms with Gasteiger partial charge in [-0.15, -0.1) is 0 Å². The monoisotopic (exact) mass is 275 g/mol. The number of rotatable bonds is 5. The van der Waals surface area contributed by atoms with Crippen LogP contribution in [0.25, 0.3) is 0 Å². The molecule has 2 rings (SSSR count). The Hall–Kier alpha value is -1.65. The standard InChI is InChI=1S/C15H17NO2S/c1-13(12-14-8-4-2-5-9-14)16-19(17,18)15-10-6-3-7-11-15/h2-11,13,16H,12H2,1H3. The molecule has 100 valence electrons. The minimum Gasteiger partial charge on any atom is -0.208 e. The molecular formula is C15H17NO2S. The molecule has 19 heavy (non-hydrogen) atoms. The van der Waals surface area contributed by atoms with Gasteiger partial charge in [0.1, 0.15) is 0 Å². The van der Waals surface area contributed by atoms with E-state index in [0.29, 0.717) is 11.3 Å². The van der Waals surface area contributed by atoms with Crippen LogP contribution in [-0.4, -0.2) is 14.5 Å². The summed E-state index contributed by atoms with van der Waals surface area (Å²) in [5.41, 5.74) is 1.12. The minimum absolute atomic E-state index is 0.146. The molecule has 3 nitrogen and oxygen atoms in total. The van der Waals surface area contributed by atoms with E-state index in [1.54, 1.807) is 30.3 Å². The summed E-state index contributed by atoms with van der Waals surface area (Å²) in [4.78, 5) is 0.301. The highest BCUT2D eigenvalue weighted by Gasteiger charge is 2.16. The zero-order valence-electron chi connectivity index (χ0n) is 10.8. The Morgan fingerprint density at radius 2 is 1.47 bits per heavy atom. The van der Waals surface area contributed by atoms with Gasteiger partial charge < -0.3 is 0 Å². The van der Waals surface area contributed by atoms with Gasteiger partial charge in [-0.2, -0.15) is 0 Å². The van der Waals surface area contributed by atoms with Crippen molar-refractivity contribution in [2.75, 3.05) is 0 Å². The Morgan fingerprint density at radius 3 is 2.05 bits per heavy atom. The molecule has 0 saturated carbocycles. The third kappa shape index (κ3) is 3.91. The van der Waals surface area contributed by atoms with E-state index in [1.165, 1.54) is 0 Å². The van der Waals surface area contributed by atoms with E-state index in [-0.39, 0.29) is 6.04 Å². The van der Waals surface area contributed by atoms with Crippen LogP contribution in [0.3, 0.4) is 0 Å². The molecule has 0 bridgehead atoms. The van der Waals surface area contributed by atoms with Crippen molar-refractivity contribution < 1.29 is 8.42 Å². The maximum atomic E-state index is 12.1. The summed E-state index contributed by atoms with van der Waals surface area (Å²) in [7, 11) is -3.43. The quantitative estimate of drug-likeness (QED) is 0.911. The zero-order chi connectivity index (χ0) is 13.7. The molecule has 0 spiro atoms. The Labute approximate surface area is 114 Å². The first-order chi connectivity index (χ1) is 9.08. The maximum absolute atomic E-state index is 12.1. The fourth-order valence-electron chi connectivity index (χ4n) is 1.94. The molecule has 0 aliphatic carbocycles. The van der Waals surface area contributed by atoms with E-state index < -0.39 is 10.0 Å². The first kappa shape index (κ1) is 13.8. The number of sulfonamides is 1. The van der Waals surface area contributed by atoms with Crippen LogP contribution in [0.4, 0.5) is 0 Å². The summed E-state index contributed by atoms with van der Waals surface area (Å²) >= 11 is 0. The number of hydrogen-bond acceptors (Lipinski definition) is 2. The van der Waals surface area contributed by atoms with Crippen molar-refractivity contribution in [1.29, 1.82) is 0 Å². The highest BCUT2D eigenvalue weighted by atomic mass is 32.2. The lowest BCUT2D eigenvalue weighted by atomic mass is 10.1. The molecule has 2 aromatic rings. The van der Waals surface area contributed by atoms with E-state index in [9.17, 15) is 8.42 Å². The topological polar surface area (TPSA) is 46.2 Å². The maximum Gasteiger partial charge on any atom is 0.240 e. The van der Waals surface area contributed by atoms with Crippen molar-refractivity contribution in [3.8, 4) is 0 Å². The summed E-state index contributed by atoms with van der Waals surface area (Å²) in [6.07, 6.45) is 0.674. The van der Waals surface area contributed by atoms with Crippen LogP contribution in [0.2, 0.25) is 0 Å². The lowest BCUT2D eigenvalue weighted by molar-refractivity contribution is 0.560. The first-order valence-electron chi connectivity index (χ1n) is 6.19. The van der Waals surface area contributed by atoms with Gasteiger partial charge in [0, 0.05) is 6.04 Å². The van der Waals surface area contributed by atoms with Gasteiger partial charge in [-0.25, -0.2) is 13.1 Å². The van der Waals surface area contributed by atoms with Gasteiger partial charge in [-0.3, -0.25) is 0 Å². The van der Waals surface area contributed by atoms with Crippen LogP contribution in [0.1, 0.15) is 12.5 Å². The average molecular weight is 275 g/mol. The smallest absolute Gasteiger partial charge is 0.208 e. The predicted octanol–water partition coefficient (Wildman–Crippen LogP) is 2.60. The van der Waals surface area contributed by atoms with Gasteiger partial charge in [-0.05, 0) is 31.0 Å². The van der Waals surface area contributed by atoms with E-state index in [2.05, 4.69) is 4.72 Å². The summed E-state index contributed by atoms with van der Waals surface area (Å²) in [5, 5.41) is 0. The Balaban J connectivity index is 2.05. The minimum atomic E-state index is -3.43. The molecule has 2 aromatic carbocycles. The van der Waals surface area contributed by atoms with Gasteiger partial charge in [0.15, 0.2) is 0 Å². The van der Waals surface area contributed by atoms with Gasteiger partial charge in [0.25, 0.3) is 0 Å². The molecule has 0 aromatic heterocycles. The van der Waals surface area contributed by atoms with Crippen molar-refractivity contribution in [2.24, 2.45) is 0 Å². The molecule has 1 atom stereocenters. The second-order valence-electron chi connectivity index (χ2n) is 4.53. The van der Waals surface area contributed by atoms with Crippen LogP contribution < -0.4 is 4.72 Å². The normalized spacial score (nSPS) is 13.1. The third-order valence-electron chi connectivity index (χ3n) is 2.79. The lowest BCUT2D eigenvalue weighted by Gasteiger charge is -2.14. The Morgan fingerprint density at radius 1 is 0.947 bits per heavy atom. The van der Waals surface area contributed by atoms with Crippen molar-refractivity contribution in [1.82, 2.24) is 4.72 Å². The SMILES string of the molecule is CC(Cc1ccccc1)NS(=O)(=O)c1ccccc1. The predicted molar refractivity (Wildman–Crippen MR) is 76.4 cm³/mol. The van der Waals surface area contributed by atoms with E-state index in [4.69, 9.17) is 0 Å². The van der Waals surface area contributed by atoms with Crippen LogP contribution in [0.5, 0.6) is 0 Å². The molecule has 1 unspecified atom stereocenters. The van der Waals surface area contributed by atoms with E-state index >= 15 is 0 Å². The zero-order valence-corrected chi connectivity index (χ0v) is 11.6. The fraction of sp³-hybridized carbons (Fsp3) is 0.200. The largest absolute Gasteiger partial charge is 0.240 e. The molecule has 1 N–H and O–H groups in total. The van der Waals surface area contributed by atoms with Crippen molar-refractivity contribution in [2.45, 2.75) is 24.3 Å². The highest BCUT2D eigenvalue weighted by molar-refractivity contribution is 7.89. The Bertz CT molecular complexity index is 609. The molecule has 0 radical (unpaired) electrons. The highest BCUT2D eigenvalue weighted by Crippen LogP contribution is 2.10. The van der Waals surface area contributed by atoms with Crippen LogP contribution >= 0.6 is 0 Å². The van der Waals surface area contributed by atoms with Crippen molar-refractivity contribution in [3.05, 3.63) is 66.2 Å². The first-order valence-corrected chi connectivity index (χ1v) is 7.67. The van der Waals surface area contributed by atoms with Crippen LogP contribution in [-0.2, 0) is 16.4 Å². The van der Waals surface area contributed by atoms with Crippen LogP contribution in [0.15, 0.2) is 65.6 Å². The summed E-state index contributed by atoms with van der Waals surface area (Å²) < 4.78 is 26.9. The fourth-order valence-corrected chi connectivity index (χ4v) is 3.21. The molecule has 0 aliphatic heterocycles. The van der Waals surface area contributed by atoms with Crippen molar-refractivity contribution >= 4 is 10.0 Å². The van der Waals surface area contributed by atoms with Gasteiger partial charge in [0.05, 0.1) is 4.90 Å². The van der Waals surface area contributed by atoms with Gasteiger partial charge in [0.2, 0.25) is 10.0 Å². The molecule has 0 amide bonds. The number of benzene rings is 2. The summed E-state index contributed by atoms with van der Waals surface area (Å²) in [5.74, 6) is 0. The second-order valence-corrected chi connectivity index (χ2v) is 6.24. The molecule has 0 fully saturated rings. The van der Waals surface area contributed by atoms with Gasteiger partial charge in [-0.1, -0.05) is 48.5 Å². The third-order valence-corrected chi connectivity index (χ3v) is 4.40. The molecule has 0 saturated heterocycles. The molecular weight excluding hydrogens is 258 g/mol.